The molecule has 2 saturated carbocycles. The van der Waals surface area contributed by atoms with Gasteiger partial charge < -0.3 is 12.8 Å². The second-order valence-corrected chi connectivity index (χ2v) is 6.37. The second-order valence-electron chi connectivity index (χ2n) is 6.37. The molecule has 2 fully saturated rings. The molecule has 2 aliphatic rings. The minimum Gasteiger partial charge on any atom is -0.811 e. The minimum atomic E-state index is -0.0278. The average Bonchev–Trinajstić information content (AvgIpc) is 2.96. The second kappa shape index (κ2) is 15.0. The molecule has 2 rings (SSSR count). The zero-order valence-corrected chi connectivity index (χ0v) is 16.5. The van der Waals surface area contributed by atoms with Gasteiger partial charge in [0.05, 0.1) is 0 Å². The first-order valence-electron chi connectivity index (χ1n) is 7.47. The molecule has 0 aliphatic heterocycles. The molecule has 2 aliphatic carbocycles. The summed E-state index contributed by atoms with van der Waals surface area (Å²) in [6, 6.07) is 0. The Morgan fingerprint density at radius 1 is 0.684 bits per heavy atom. The quantitative estimate of drug-likeness (QED) is 0.358. The van der Waals surface area contributed by atoms with E-state index in [1.807, 2.05) is 20.8 Å². The molecule has 0 radical (unpaired) electrons. The van der Waals surface area contributed by atoms with Crippen LogP contribution in [0.2, 0.25) is 0 Å². The van der Waals surface area contributed by atoms with Crippen molar-refractivity contribution in [1.82, 2.24) is 0 Å². The fourth-order valence-electron chi connectivity index (χ4n) is 1.77. The maximum absolute atomic E-state index is 8.81. The van der Waals surface area contributed by atoms with Gasteiger partial charge in [-0.2, -0.15) is 0 Å². The van der Waals surface area contributed by atoms with Crippen molar-refractivity contribution in [3.8, 4) is 0 Å². The van der Waals surface area contributed by atoms with E-state index in [0.29, 0.717) is 5.71 Å². The van der Waals surface area contributed by atoms with Crippen molar-refractivity contribution in [2.45, 2.75) is 91.9 Å². The van der Waals surface area contributed by atoms with Crippen LogP contribution in [0.25, 0.3) is 5.41 Å². The Hall–Kier alpha value is 0.553. The van der Waals surface area contributed by atoms with E-state index < -0.39 is 0 Å². The molecule has 1 nitrogen and oxygen atoms in total. The van der Waals surface area contributed by atoms with Gasteiger partial charge >= 0.3 is 26.2 Å². The van der Waals surface area contributed by atoms with Gasteiger partial charge in [-0.25, -0.2) is 5.71 Å². The number of nitrogens with zero attached hydrogens (tertiary/aromatic N) is 1. The van der Waals surface area contributed by atoms with Crippen LogP contribution in [-0.2, 0) is 26.2 Å². The van der Waals surface area contributed by atoms with Crippen molar-refractivity contribution in [3.05, 3.63) is 12.8 Å². The summed E-state index contributed by atoms with van der Waals surface area (Å²) in [5.41, 5.74) is 0.465. The van der Waals surface area contributed by atoms with Crippen molar-refractivity contribution in [2.24, 2.45) is 5.41 Å². The first-order chi connectivity index (χ1) is 7.94. The van der Waals surface area contributed by atoms with Crippen LogP contribution in [0.15, 0.2) is 0 Å². The SMILES string of the molecule is C1CCCC1.C1CCCC1.CC(=[N-])C(C)(C)C.[CH3-].[Zr+4]. The molecule has 0 spiro atoms. The van der Waals surface area contributed by atoms with Crippen molar-refractivity contribution >= 4 is 5.71 Å². The van der Waals surface area contributed by atoms with Gasteiger partial charge in [-0.3, -0.25) is 0 Å². The summed E-state index contributed by atoms with van der Waals surface area (Å²) >= 11 is 0. The number of hydrogen-bond acceptors (Lipinski definition) is 0. The summed E-state index contributed by atoms with van der Waals surface area (Å²) in [6.07, 6.45) is 15.0. The van der Waals surface area contributed by atoms with Gasteiger partial charge in [-0.15, -0.1) is 0 Å². The van der Waals surface area contributed by atoms with Crippen molar-refractivity contribution in [2.75, 3.05) is 0 Å². The molecule has 0 heterocycles. The van der Waals surface area contributed by atoms with E-state index in [4.69, 9.17) is 5.41 Å². The molecule has 0 aromatic rings. The normalized spacial score (nSPS) is 16.8. The monoisotopic (exact) mass is 343 g/mol. The smallest absolute Gasteiger partial charge is 0.811 e. The zero-order valence-electron chi connectivity index (χ0n) is 14.0. The first-order valence-corrected chi connectivity index (χ1v) is 7.47. The molecule has 0 N–H and O–H groups in total. The zero-order chi connectivity index (χ0) is 13.1. The van der Waals surface area contributed by atoms with Crippen molar-refractivity contribution in [3.63, 3.8) is 0 Å². The molecular formula is C17H35NZr+2. The van der Waals surface area contributed by atoms with E-state index in [9.17, 15) is 0 Å². The first kappa shape index (κ1) is 24.6. The molecule has 19 heavy (non-hydrogen) atoms. The van der Waals surface area contributed by atoms with Gasteiger partial charge in [-0.1, -0.05) is 91.9 Å². The van der Waals surface area contributed by atoms with Crippen LogP contribution in [0.4, 0.5) is 0 Å². The molecule has 110 valence electrons. The Kier molecular flexibility index (Phi) is 19.3. The van der Waals surface area contributed by atoms with Gasteiger partial charge in [0.2, 0.25) is 0 Å². The van der Waals surface area contributed by atoms with Crippen LogP contribution >= 0.6 is 0 Å². The van der Waals surface area contributed by atoms with Crippen LogP contribution in [0.1, 0.15) is 91.9 Å². The molecule has 0 amide bonds. The van der Waals surface area contributed by atoms with Gasteiger partial charge in [0.15, 0.2) is 0 Å². The molecule has 0 aromatic carbocycles. The van der Waals surface area contributed by atoms with E-state index in [1.165, 1.54) is 64.2 Å². The Bertz CT molecular complexity index is 161. The Labute approximate surface area is 142 Å². The van der Waals surface area contributed by atoms with Gasteiger partial charge in [-0.05, 0) is 5.41 Å². The van der Waals surface area contributed by atoms with Crippen LogP contribution < -0.4 is 0 Å². The fourth-order valence-corrected chi connectivity index (χ4v) is 1.77. The number of hydrogen-bond donors (Lipinski definition) is 0. The predicted molar refractivity (Wildman–Crippen MR) is 86.1 cm³/mol. The third kappa shape index (κ3) is 18.6. The van der Waals surface area contributed by atoms with Crippen LogP contribution in [-0.4, -0.2) is 5.71 Å². The molecule has 0 atom stereocenters. The van der Waals surface area contributed by atoms with Gasteiger partial charge in [0.25, 0.3) is 0 Å². The van der Waals surface area contributed by atoms with E-state index in [-0.39, 0.29) is 39.0 Å². The summed E-state index contributed by atoms with van der Waals surface area (Å²) in [4.78, 5) is 0. The largest absolute Gasteiger partial charge is 4.00 e. The van der Waals surface area contributed by atoms with E-state index in [0.717, 1.165) is 0 Å². The van der Waals surface area contributed by atoms with Gasteiger partial charge in [0.1, 0.15) is 0 Å². The summed E-state index contributed by atoms with van der Waals surface area (Å²) < 4.78 is 0. The molecule has 0 bridgehead atoms. The van der Waals surface area contributed by atoms with Crippen LogP contribution in [0, 0.1) is 12.8 Å². The van der Waals surface area contributed by atoms with Crippen LogP contribution in [0.5, 0.6) is 0 Å². The molecule has 0 unspecified atom stereocenters. The number of rotatable bonds is 0. The van der Waals surface area contributed by atoms with Crippen molar-refractivity contribution in [1.29, 1.82) is 0 Å². The fraction of sp³-hybridized carbons (Fsp3) is 0.882. The van der Waals surface area contributed by atoms with E-state index in [2.05, 4.69) is 0 Å². The van der Waals surface area contributed by atoms with Crippen molar-refractivity contribution < 1.29 is 26.2 Å². The summed E-state index contributed by atoms with van der Waals surface area (Å²) in [5, 5.41) is 8.81. The summed E-state index contributed by atoms with van der Waals surface area (Å²) in [7, 11) is 0. The molecule has 2 heteroatoms. The predicted octanol–water partition coefficient (Wildman–Crippen LogP) is 6.41. The topological polar surface area (TPSA) is 22.3 Å². The molecule has 0 saturated heterocycles. The molecule has 0 aromatic heterocycles. The third-order valence-corrected chi connectivity index (χ3v) is 3.59. The Morgan fingerprint density at radius 2 is 0.789 bits per heavy atom. The van der Waals surface area contributed by atoms with Gasteiger partial charge in [0, 0.05) is 0 Å². The average molecular weight is 345 g/mol. The Balaban J connectivity index is -0.000000194. The standard InChI is InChI=1S/C6H12N.2C5H10.CH3.Zr/c1-5(7)6(2,3)4;2*1-2-4-5-3-1;;/h1-4H3;2*1-5H2;1H3;/q-1;;;-1;+4. The third-order valence-electron chi connectivity index (χ3n) is 3.59. The van der Waals surface area contributed by atoms with Crippen LogP contribution in [0.3, 0.4) is 0 Å². The maximum atomic E-state index is 8.81. The Morgan fingerprint density at radius 3 is 0.842 bits per heavy atom. The maximum Gasteiger partial charge on any atom is 4.00 e. The summed E-state index contributed by atoms with van der Waals surface area (Å²) in [5.74, 6) is 0. The van der Waals surface area contributed by atoms with E-state index >= 15 is 0 Å². The molecular weight excluding hydrogens is 309 g/mol. The van der Waals surface area contributed by atoms with E-state index in [1.54, 1.807) is 6.92 Å². The summed E-state index contributed by atoms with van der Waals surface area (Å²) in [6.45, 7) is 7.65. The minimum absolute atomic E-state index is 0.